The van der Waals surface area contributed by atoms with Crippen LogP contribution >= 0.6 is 0 Å². The first-order chi connectivity index (χ1) is 22.1. The van der Waals surface area contributed by atoms with Gasteiger partial charge in [0.15, 0.2) is 5.60 Å². The average molecular weight is 590 g/mol. The van der Waals surface area contributed by atoms with Gasteiger partial charge in [-0.05, 0) is 65.1 Å². The second kappa shape index (κ2) is 11.2. The quantitative estimate of drug-likeness (QED) is 0.236. The number of anilines is 1. The molecule has 1 spiro atoms. The highest BCUT2D eigenvalue weighted by atomic mass is 16.5. The van der Waals surface area contributed by atoms with Gasteiger partial charge in [-0.2, -0.15) is 0 Å². The topological polar surface area (TPSA) is 12.5 Å². The summed E-state index contributed by atoms with van der Waals surface area (Å²) in [6.07, 6.45) is 27.2. The van der Waals surface area contributed by atoms with Crippen LogP contribution in [0.3, 0.4) is 0 Å². The fourth-order valence-corrected chi connectivity index (χ4v) is 8.64. The van der Waals surface area contributed by atoms with Crippen LogP contribution in [0, 0.1) is 0 Å². The molecule has 0 saturated heterocycles. The number of ether oxygens (including phenoxy) is 1. The Morgan fingerprint density at radius 1 is 0.711 bits per heavy atom. The Balaban J connectivity index is 1.41. The fraction of sp³-hybridized carbons (Fsp3) is 0.302. The van der Waals surface area contributed by atoms with Crippen molar-refractivity contribution in [3.63, 3.8) is 0 Å². The van der Waals surface area contributed by atoms with E-state index in [2.05, 4.69) is 134 Å². The molecule has 226 valence electrons. The van der Waals surface area contributed by atoms with Gasteiger partial charge in [0, 0.05) is 47.3 Å². The molecule has 0 amide bonds. The van der Waals surface area contributed by atoms with Crippen molar-refractivity contribution in [1.82, 2.24) is 0 Å². The summed E-state index contributed by atoms with van der Waals surface area (Å²) in [6, 6.07) is 27.2. The zero-order valence-corrected chi connectivity index (χ0v) is 26.7. The molecule has 1 heterocycles. The van der Waals surface area contributed by atoms with E-state index in [1.165, 1.54) is 95.6 Å². The lowest BCUT2D eigenvalue weighted by Crippen LogP contribution is -2.36. The number of allylic oxidation sites excluding steroid dienone is 4. The van der Waals surface area contributed by atoms with E-state index >= 15 is 0 Å². The molecule has 4 aliphatic rings. The van der Waals surface area contributed by atoms with Crippen LogP contribution in [-0.4, -0.2) is 14.1 Å². The Morgan fingerprint density at radius 2 is 1.42 bits per heavy atom. The third kappa shape index (κ3) is 4.44. The minimum absolute atomic E-state index is 0.00959. The van der Waals surface area contributed by atoms with E-state index in [1.807, 2.05) is 0 Å². The maximum Gasteiger partial charge on any atom is 0.178 e. The number of hydrogen-bond donors (Lipinski definition) is 0. The van der Waals surface area contributed by atoms with Crippen LogP contribution < -0.4 is 9.64 Å². The Bertz CT molecular complexity index is 1880. The summed E-state index contributed by atoms with van der Waals surface area (Å²) in [5.74, 6) is 1.03. The Labute approximate surface area is 268 Å². The molecule has 0 aromatic heterocycles. The van der Waals surface area contributed by atoms with E-state index in [9.17, 15) is 0 Å². The van der Waals surface area contributed by atoms with Gasteiger partial charge in [0.25, 0.3) is 0 Å². The minimum Gasteiger partial charge on any atom is -0.472 e. The summed E-state index contributed by atoms with van der Waals surface area (Å²) < 4.78 is 7.60. The van der Waals surface area contributed by atoms with Crippen LogP contribution in [0.25, 0.3) is 28.0 Å². The molecule has 0 radical (unpaired) electrons. The van der Waals surface area contributed by atoms with Gasteiger partial charge >= 0.3 is 0 Å². The van der Waals surface area contributed by atoms with Crippen molar-refractivity contribution in [2.45, 2.75) is 68.8 Å². The van der Waals surface area contributed by atoms with E-state index in [0.717, 1.165) is 23.3 Å². The van der Waals surface area contributed by atoms with Crippen molar-refractivity contribution in [3.05, 3.63) is 137 Å². The van der Waals surface area contributed by atoms with Crippen LogP contribution in [0.2, 0.25) is 0 Å². The Hall–Kier alpha value is -4.30. The second-order valence-electron chi connectivity index (χ2n) is 13.6. The molecule has 1 aliphatic heterocycles. The standard InChI is InChI=1S/C43H43NO/c1-44(2)33-25-23-32(24-26-33)43(31-17-9-5-6-10-18-31)30-27-37-40-39(34-19-11-12-20-35(34)41(37)45-43)36-21-13-14-22-38(36)42(40)28-15-7-3-4-8-16-29-42/h5,9-14,17-27,30H,3-4,6-8,15-16,28-29H2,1-2H3. The summed E-state index contributed by atoms with van der Waals surface area (Å²) in [5.41, 5.74) is 9.94. The molecular weight excluding hydrogens is 546 g/mol. The first-order valence-corrected chi connectivity index (χ1v) is 17.0. The number of hydrogen-bond acceptors (Lipinski definition) is 2. The fourth-order valence-electron chi connectivity index (χ4n) is 8.64. The molecule has 1 unspecified atom stereocenters. The van der Waals surface area contributed by atoms with Crippen LogP contribution in [0.5, 0.6) is 5.75 Å². The van der Waals surface area contributed by atoms with E-state index in [1.54, 1.807) is 0 Å². The molecule has 2 heteroatoms. The molecule has 0 N–H and O–H groups in total. The van der Waals surface area contributed by atoms with Crippen LogP contribution in [0.15, 0.2) is 115 Å². The minimum atomic E-state index is -0.739. The lowest BCUT2D eigenvalue weighted by Gasteiger charge is -2.40. The van der Waals surface area contributed by atoms with E-state index in [4.69, 9.17) is 4.74 Å². The van der Waals surface area contributed by atoms with Crippen molar-refractivity contribution in [2.75, 3.05) is 19.0 Å². The van der Waals surface area contributed by atoms with Crippen LogP contribution in [0.1, 0.15) is 80.0 Å². The summed E-state index contributed by atoms with van der Waals surface area (Å²) in [6.45, 7) is 0. The van der Waals surface area contributed by atoms with Crippen LogP contribution in [-0.2, 0) is 11.0 Å². The molecule has 4 aromatic rings. The molecule has 1 atom stereocenters. The van der Waals surface area contributed by atoms with Gasteiger partial charge in [-0.1, -0.05) is 136 Å². The summed E-state index contributed by atoms with van der Waals surface area (Å²) in [4.78, 5) is 2.15. The highest BCUT2D eigenvalue weighted by Gasteiger charge is 2.48. The van der Waals surface area contributed by atoms with Gasteiger partial charge in [0.05, 0.1) is 0 Å². The highest BCUT2D eigenvalue weighted by Crippen LogP contribution is 2.61. The SMILES string of the molecule is CN(C)c1ccc(C2(C3=CC=CCC=C3)C=Cc3c4c(c5ccccc5c3O2)-c2ccccc2C42CCCCCCCC2)cc1. The van der Waals surface area contributed by atoms with Gasteiger partial charge < -0.3 is 9.64 Å². The smallest absolute Gasteiger partial charge is 0.178 e. The normalized spacial score (nSPS) is 21.5. The molecule has 45 heavy (non-hydrogen) atoms. The Kier molecular flexibility index (Phi) is 7.05. The van der Waals surface area contributed by atoms with Crippen molar-refractivity contribution in [1.29, 1.82) is 0 Å². The number of nitrogens with zero attached hydrogens (tertiary/aromatic N) is 1. The zero-order valence-electron chi connectivity index (χ0n) is 26.7. The first-order valence-electron chi connectivity index (χ1n) is 17.0. The lowest BCUT2D eigenvalue weighted by molar-refractivity contribution is 0.162. The molecule has 2 nitrogen and oxygen atoms in total. The van der Waals surface area contributed by atoms with Crippen molar-refractivity contribution >= 4 is 22.5 Å². The third-order valence-electron chi connectivity index (χ3n) is 10.8. The van der Waals surface area contributed by atoms with Crippen molar-refractivity contribution in [3.8, 4) is 16.9 Å². The van der Waals surface area contributed by atoms with Crippen molar-refractivity contribution in [2.24, 2.45) is 0 Å². The molecule has 1 saturated carbocycles. The average Bonchev–Trinajstić information content (AvgIpc) is 3.17. The number of rotatable bonds is 3. The second-order valence-corrected chi connectivity index (χ2v) is 13.6. The van der Waals surface area contributed by atoms with E-state index in [-0.39, 0.29) is 5.41 Å². The van der Waals surface area contributed by atoms with Gasteiger partial charge in [-0.3, -0.25) is 0 Å². The summed E-state index contributed by atoms with van der Waals surface area (Å²) >= 11 is 0. The summed E-state index contributed by atoms with van der Waals surface area (Å²) in [7, 11) is 4.19. The lowest BCUT2D eigenvalue weighted by atomic mass is 9.69. The van der Waals surface area contributed by atoms with Gasteiger partial charge in [-0.15, -0.1) is 0 Å². The van der Waals surface area contributed by atoms with Crippen LogP contribution in [0.4, 0.5) is 5.69 Å². The molecule has 0 bridgehead atoms. The summed E-state index contributed by atoms with van der Waals surface area (Å²) in [5, 5.41) is 2.52. The maximum absolute atomic E-state index is 7.60. The van der Waals surface area contributed by atoms with Gasteiger partial charge in [-0.25, -0.2) is 0 Å². The van der Waals surface area contributed by atoms with Crippen molar-refractivity contribution < 1.29 is 4.74 Å². The number of benzene rings is 4. The molecule has 1 fully saturated rings. The Morgan fingerprint density at radius 3 is 2.20 bits per heavy atom. The van der Waals surface area contributed by atoms with Gasteiger partial charge in [0.1, 0.15) is 5.75 Å². The first kappa shape index (κ1) is 28.2. The molecule has 3 aliphatic carbocycles. The third-order valence-corrected chi connectivity index (χ3v) is 10.8. The number of fused-ring (bicyclic) bond motifs is 10. The predicted octanol–water partition coefficient (Wildman–Crippen LogP) is 11.1. The molecule has 4 aromatic carbocycles. The molecular formula is C43H43NO. The monoisotopic (exact) mass is 589 g/mol. The van der Waals surface area contributed by atoms with E-state index in [0.29, 0.717) is 0 Å². The highest BCUT2D eigenvalue weighted by molar-refractivity contribution is 6.08. The van der Waals surface area contributed by atoms with Gasteiger partial charge in [0.2, 0.25) is 0 Å². The largest absolute Gasteiger partial charge is 0.472 e. The maximum atomic E-state index is 7.60. The predicted molar refractivity (Wildman–Crippen MR) is 190 cm³/mol. The molecule has 8 rings (SSSR count). The zero-order chi connectivity index (χ0) is 30.4. The van der Waals surface area contributed by atoms with E-state index < -0.39 is 5.60 Å².